The maximum Gasteiger partial charge on any atom is 0.129 e. The number of fused-ring (bicyclic) bond motifs is 1. The summed E-state index contributed by atoms with van der Waals surface area (Å²) < 4.78 is 5.49. The summed E-state index contributed by atoms with van der Waals surface area (Å²) >= 11 is 0. The van der Waals surface area contributed by atoms with E-state index in [-0.39, 0.29) is 0 Å². The van der Waals surface area contributed by atoms with E-state index < -0.39 is 0 Å². The van der Waals surface area contributed by atoms with Gasteiger partial charge in [-0.25, -0.2) is 4.98 Å². The van der Waals surface area contributed by atoms with Gasteiger partial charge in [-0.1, -0.05) is 13.8 Å². The van der Waals surface area contributed by atoms with Crippen LogP contribution in [0.25, 0.3) is 22.3 Å². The van der Waals surface area contributed by atoms with E-state index in [2.05, 4.69) is 46.1 Å². The lowest BCUT2D eigenvalue weighted by atomic mass is 9.98. The Morgan fingerprint density at radius 2 is 2.04 bits per heavy atom. The van der Waals surface area contributed by atoms with Gasteiger partial charge >= 0.3 is 0 Å². The minimum atomic E-state index is 0.576. The van der Waals surface area contributed by atoms with E-state index in [4.69, 9.17) is 9.72 Å². The van der Waals surface area contributed by atoms with Gasteiger partial charge in [0.15, 0.2) is 0 Å². The second kappa shape index (κ2) is 6.80. The molecule has 6 heteroatoms. The highest BCUT2D eigenvalue weighted by molar-refractivity contribution is 5.93. The van der Waals surface area contributed by atoms with Gasteiger partial charge in [-0.2, -0.15) is 5.10 Å². The molecule has 0 atom stereocenters. The summed E-state index contributed by atoms with van der Waals surface area (Å²) in [6.07, 6.45) is 4.62. The number of nitrogens with zero attached hydrogens (tertiary/aromatic N) is 4. The SMILES string of the molecule is CC(C)Cc1cc(N2CCOCC2)nc2c(-c3ccn[nH]3)nccc12. The average Bonchev–Trinajstić information content (AvgIpc) is 3.16. The van der Waals surface area contributed by atoms with E-state index in [9.17, 15) is 0 Å². The van der Waals surface area contributed by atoms with Crippen LogP contribution in [0, 0.1) is 5.92 Å². The highest BCUT2D eigenvalue weighted by atomic mass is 16.5. The number of aromatic nitrogens is 4. The lowest BCUT2D eigenvalue weighted by Gasteiger charge is -2.28. The lowest BCUT2D eigenvalue weighted by molar-refractivity contribution is 0.122. The van der Waals surface area contributed by atoms with Crippen molar-refractivity contribution in [2.75, 3.05) is 31.2 Å². The van der Waals surface area contributed by atoms with Crippen molar-refractivity contribution in [2.45, 2.75) is 20.3 Å². The van der Waals surface area contributed by atoms with E-state index in [0.29, 0.717) is 5.92 Å². The maximum atomic E-state index is 5.49. The van der Waals surface area contributed by atoms with Gasteiger partial charge in [0, 0.05) is 30.9 Å². The zero-order valence-electron chi connectivity index (χ0n) is 14.7. The molecule has 1 aliphatic rings. The number of nitrogens with one attached hydrogen (secondary N) is 1. The predicted molar refractivity (Wildman–Crippen MR) is 98.7 cm³/mol. The summed E-state index contributed by atoms with van der Waals surface area (Å²) in [5, 5.41) is 8.26. The zero-order valence-corrected chi connectivity index (χ0v) is 14.7. The first-order chi connectivity index (χ1) is 12.2. The molecule has 1 saturated heterocycles. The lowest BCUT2D eigenvalue weighted by Crippen LogP contribution is -2.36. The highest BCUT2D eigenvalue weighted by Gasteiger charge is 2.18. The van der Waals surface area contributed by atoms with Crippen molar-refractivity contribution in [1.29, 1.82) is 0 Å². The van der Waals surface area contributed by atoms with Crippen molar-refractivity contribution < 1.29 is 4.74 Å². The van der Waals surface area contributed by atoms with Crippen molar-refractivity contribution in [3.8, 4) is 11.4 Å². The van der Waals surface area contributed by atoms with Crippen LogP contribution in [0.2, 0.25) is 0 Å². The molecule has 0 aliphatic carbocycles. The standard InChI is InChI=1S/C19H23N5O/c1-13(2)11-14-12-17(24-7-9-25-10-8-24)22-18-15(14)3-5-20-19(18)16-4-6-21-23-16/h3-6,12-13H,7-11H2,1-2H3,(H,21,23). The van der Waals surface area contributed by atoms with Gasteiger partial charge in [-0.15, -0.1) is 0 Å². The van der Waals surface area contributed by atoms with Crippen molar-refractivity contribution in [3.05, 3.63) is 36.2 Å². The second-order valence-corrected chi connectivity index (χ2v) is 6.86. The molecule has 0 aromatic carbocycles. The van der Waals surface area contributed by atoms with Gasteiger partial charge in [0.2, 0.25) is 0 Å². The monoisotopic (exact) mass is 337 g/mol. The number of rotatable bonds is 4. The van der Waals surface area contributed by atoms with Crippen molar-refractivity contribution in [2.24, 2.45) is 5.92 Å². The van der Waals surface area contributed by atoms with Crippen LogP contribution in [0.15, 0.2) is 30.6 Å². The quantitative estimate of drug-likeness (QED) is 0.792. The van der Waals surface area contributed by atoms with E-state index >= 15 is 0 Å². The molecule has 0 radical (unpaired) electrons. The molecule has 0 spiro atoms. The molecule has 0 amide bonds. The van der Waals surface area contributed by atoms with Crippen LogP contribution in [0.5, 0.6) is 0 Å². The molecule has 0 unspecified atom stereocenters. The van der Waals surface area contributed by atoms with Crippen LogP contribution >= 0.6 is 0 Å². The molecular formula is C19H23N5O. The van der Waals surface area contributed by atoms with Crippen LogP contribution < -0.4 is 4.90 Å². The molecule has 3 aromatic rings. The Morgan fingerprint density at radius 3 is 2.76 bits per heavy atom. The first-order valence-electron chi connectivity index (χ1n) is 8.83. The summed E-state index contributed by atoms with van der Waals surface area (Å²) in [5.41, 5.74) is 4.01. The molecule has 1 aliphatic heterocycles. The average molecular weight is 337 g/mol. The van der Waals surface area contributed by atoms with Crippen molar-refractivity contribution >= 4 is 16.7 Å². The smallest absolute Gasteiger partial charge is 0.129 e. The predicted octanol–water partition coefficient (Wildman–Crippen LogP) is 3.06. The van der Waals surface area contributed by atoms with E-state index in [0.717, 1.165) is 55.4 Å². The van der Waals surface area contributed by atoms with Gasteiger partial charge in [-0.05, 0) is 36.1 Å². The number of H-pyrrole nitrogens is 1. The minimum absolute atomic E-state index is 0.576. The largest absolute Gasteiger partial charge is 0.378 e. The van der Waals surface area contributed by atoms with E-state index in [1.807, 2.05) is 12.3 Å². The Balaban J connectivity index is 1.90. The van der Waals surface area contributed by atoms with Gasteiger partial charge in [0.05, 0.1) is 18.9 Å². The number of hydrogen-bond acceptors (Lipinski definition) is 5. The van der Waals surface area contributed by atoms with Crippen molar-refractivity contribution in [1.82, 2.24) is 20.2 Å². The Morgan fingerprint density at radius 1 is 1.20 bits per heavy atom. The molecule has 130 valence electrons. The zero-order chi connectivity index (χ0) is 17.2. The summed E-state index contributed by atoms with van der Waals surface area (Å²) in [6.45, 7) is 7.74. The summed E-state index contributed by atoms with van der Waals surface area (Å²) in [6, 6.07) is 6.25. The topological polar surface area (TPSA) is 66.9 Å². The fraction of sp³-hybridized carbons (Fsp3) is 0.421. The molecule has 1 N–H and O–H groups in total. The van der Waals surface area contributed by atoms with Gasteiger partial charge in [0.1, 0.15) is 17.0 Å². The van der Waals surface area contributed by atoms with Crippen molar-refractivity contribution in [3.63, 3.8) is 0 Å². The number of ether oxygens (including phenoxy) is 1. The molecule has 0 saturated carbocycles. The fourth-order valence-electron chi connectivity index (χ4n) is 3.35. The first-order valence-corrected chi connectivity index (χ1v) is 8.83. The summed E-state index contributed by atoms with van der Waals surface area (Å²) in [7, 11) is 0. The third kappa shape index (κ3) is 3.22. The number of pyridine rings is 2. The Hall–Kier alpha value is -2.47. The number of aromatic amines is 1. The number of hydrogen-bond donors (Lipinski definition) is 1. The molecule has 4 heterocycles. The van der Waals surface area contributed by atoms with Crippen LogP contribution in [0.4, 0.5) is 5.82 Å². The van der Waals surface area contributed by atoms with Gasteiger partial charge in [-0.3, -0.25) is 10.1 Å². The number of anilines is 1. The molecule has 6 nitrogen and oxygen atoms in total. The molecule has 4 rings (SSSR count). The Kier molecular flexibility index (Phi) is 4.36. The second-order valence-electron chi connectivity index (χ2n) is 6.86. The van der Waals surface area contributed by atoms with E-state index in [1.54, 1.807) is 6.20 Å². The summed E-state index contributed by atoms with van der Waals surface area (Å²) in [4.78, 5) is 11.9. The van der Waals surface area contributed by atoms with Crippen LogP contribution in [-0.4, -0.2) is 46.5 Å². The van der Waals surface area contributed by atoms with Crippen LogP contribution in [0.3, 0.4) is 0 Å². The maximum absolute atomic E-state index is 5.49. The molecule has 1 fully saturated rings. The summed E-state index contributed by atoms with van der Waals surface area (Å²) in [5.74, 6) is 1.59. The minimum Gasteiger partial charge on any atom is -0.378 e. The third-order valence-electron chi connectivity index (χ3n) is 4.52. The van der Waals surface area contributed by atoms with Crippen LogP contribution in [0.1, 0.15) is 19.4 Å². The first kappa shape index (κ1) is 16.0. The van der Waals surface area contributed by atoms with Gasteiger partial charge in [0.25, 0.3) is 0 Å². The van der Waals surface area contributed by atoms with Gasteiger partial charge < -0.3 is 9.64 Å². The molecule has 25 heavy (non-hydrogen) atoms. The third-order valence-corrected chi connectivity index (χ3v) is 4.52. The Labute approximate surface area is 147 Å². The fourth-order valence-corrected chi connectivity index (χ4v) is 3.35. The molecular weight excluding hydrogens is 314 g/mol. The molecule has 0 bridgehead atoms. The Bertz CT molecular complexity index is 854. The van der Waals surface area contributed by atoms with Crippen LogP contribution in [-0.2, 0) is 11.2 Å². The normalized spacial score (nSPS) is 15.2. The van der Waals surface area contributed by atoms with E-state index in [1.165, 1.54) is 10.9 Å². The highest BCUT2D eigenvalue weighted by Crippen LogP contribution is 2.30. The number of morpholine rings is 1. The molecule has 3 aromatic heterocycles.